The van der Waals surface area contributed by atoms with Crippen LogP contribution in [-0.4, -0.2) is 11.5 Å². The van der Waals surface area contributed by atoms with Crippen LogP contribution in [0.4, 0.5) is 5.69 Å². The van der Waals surface area contributed by atoms with Crippen LogP contribution in [0.5, 0.6) is 0 Å². The molecule has 1 heterocycles. The fourth-order valence-electron chi connectivity index (χ4n) is 3.02. The summed E-state index contributed by atoms with van der Waals surface area (Å²) in [6.45, 7) is 4.07. The van der Waals surface area contributed by atoms with E-state index in [-0.39, 0.29) is 0 Å². The predicted octanol–water partition coefficient (Wildman–Crippen LogP) is 3.58. The normalized spacial score (nSPS) is 14.4. The van der Waals surface area contributed by atoms with Crippen molar-refractivity contribution < 1.29 is 0 Å². The summed E-state index contributed by atoms with van der Waals surface area (Å²) in [5.41, 5.74) is 12.2. The smallest absolute Gasteiger partial charge is 0.106 e. The number of rotatable bonds is 2. The third-order valence-electron chi connectivity index (χ3n) is 4.11. The molecule has 0 radical (unpaired) electrons. The van der Waals surface area contributed by atoms with Crippen LogP contribution < -0.4 is 10.6 Å². The number of fused-ring (bicyclic) bond motifs is 1. The predicted molar refractivity (Wildman–Crippen MR) is 92.9 cm³/mol. The van der Waals surface area contributed by atoms with Gasteiger partial charge < -0.3 is 10.6 Å². The molecule has 3 heteroatoms. The molecule has 3 rings (SSSR count). The molecule has 0 bridgehead atoms. The van der Waals surface area contributed by atoms with E-state index in [0.717, 1.165) is 31.5 Å². The van der Waals surface area contributed by atoms with Crippen molar-refractivity contribution in [3.05, 3.63) is 64.7 Å². The van der Waals surface area contributed by atoms with Gasteiger partial charge in [0.05, 0.1) is 0 Å². The van der Waals surface area contributed by atoms with E-state index >= 15 is 0 Å². The minimum atomic E-state index is 0.475. The van der Waals surface area contributed by atoms with E-state index in [0.29, 0.717) is 4.99 Å². The first kappa shape index (κ1) is 14.1. The summed E-state index contributed by atoms with van der Waals surface area (Å²) in [6.07, 6.45) is 2.29. The number of hydrogen-bond donors (Lipinski definition) is 1. The highest BCUT2D eigenvalue weighted by Gasteiger charge is 2.17. The van der Waals surface area contributed by atoms with Gasteiger partial charge in [0.1, 0.15) is 4.99 Å². The maximum atomic E-state index is 5.91. The highest BCUT2D eigenvalue weighted by Crippen LogP contribution is 2.27. The van der Waals surface area contributed by atoms with Gasteiger partial charge >= 0.3 is 0 Å². The second-order valence-electron chi connectivity index (χ2n) is 5.68. The Hall–Kier alpha value is -1.87. The molecule has 0 saturated carbocycles. The summed E-state index contributed by atoms with van der Waals surface area (Å²) in [5.74, 6) is 0. The van der Waals surface area contributed by atoms with Crippen molar-refractivity contribution in [2.75, 3.05) is 11.4 Å². The number of nitrogens with zero attached hydrogens (tertiary/aromatic N) is 1. The molecule has 2 nitrogen and oxygen atoms in total. The van der Waals surface area contributed by atoms with E-state index in [4.69, 9.17) is 18.0 Å². The van der Waals surface area contributed by atoms with Crippen LogP contribution in [0.1, 0.15) is 28.7 Å². The molecule has 0 aromatic heterocycles. The molecule has 0 spiro atoms. The van der Waals surface area contributed by atoms with Crippen molar-refractivity contribution in [3.8, 4) is 0 Å². The molecule has 0 aliphatic carbocycles. The number of anilines is 1. The number of hydrogen-bond acceptors (Lipinski definition) is 2. The number of nitrogens with two attached hydrogens (primary N) is 1. The lowest BCUT2D eigenvalue weighted by molar-refractivity contribution is 0.765. The van der Waals surface area contributed by atoms with Crippen molar-refractivity contribution in [1.29, 1.82) is 0 Å². The average molecular weight is 296 g/mol. The Morgan fingerprint density at radius 3 is 2.67 bits per heavy atom. The summed E-state index contributed by atoms with van der Waals surface area (Å²) in [7, 11) is 0. The Kier molecular flexibility index (Phi) is 3.93. The van der Waals surface area contributed by atoms with Crippen LogP contribution in [0, 0.1) is 6.92 Å². The third-order valence-corrected chi connectivity index (χ3v) is 4.33. The quantitative estimate of drug-likeness (QED) is 0.859. The lowest BCUT2D eigenvalue weighted by atomic mass is 10.0. The zero-order chi connectivity index (χ0) is 14.8. The topological polar surface area (TPSA) is 29.3 Å². The van der Waals surface area contributed by atoms with Gasteiger partial charge in [-0.15, -0.1) is 0 Å². The zero-order valence-electron chi connectivity index (χ0n) is 12.3. The third kappa shape index (κ3) is 2.93. The van der Waals surface area contributed by atoms with Crippen molar-refractivity contribution in [2.24, 2.45) is 5.73 Å². The maximum Gasteiger partial charge on any atom is 0.106 e. The fraction of sp³-hybridized carbons (Fsp3) is 0.278. The van der Waals surface area contributed by atoms with Gasteiger partial charge in [-0.3, -0.25) is 0 Å². The van der Waals surface area contributed by atoms with Crippen LogP contribution in [0.3, 0.4) is 0 Å². The SMILES string of the molecule is Cc1ccc(C(N)=S)c(N2CCCc3ccccc3C2)c1. The van der Waals surface area contributed by atoms with Crippen molar-refractivity contribution in [3.63, 3.8) is 0 Å². The molecule has 21 heavy (non-hydrogen) atoms. The van der Waals surface area contributed by atoms with Gasteiger partial charge in [0.2, 0.25) is 0 Å². The summed E-state index contributed by atoms with van der Waals surface area (Å²) in [4.78, 5) is 2.88. The van der Waals surface area contributed by atoms with Crippen LogP contribution in [0.2, 0.25) is 0 Å². The van der Waals surface area contributed by atoms with Gasteiger partial charge in [0.15, 0.2) is 0 Å². The summed E-state index contributed by atoms with van der Waals surface area (Å²) in [6, 6.07) is 15.0. The standard InChI is InChI=1S/C18H20N2S/c1-13-8-9-16(18(19)21)17(11-13)20-10-4-7-14-5-2-3-6-15(14)12-20/h2-3,5-6,8-9,11H,4,7,10,12H2,1H3,(H2,19,21). The van der Waals surface area contributed by atoms with Gasteiger partial charge in [-0.2, -0.15) is 0 Å². The van der Waals surface area contributed by atoms with Crippen molar-refractivity contribution >= 4 is 22.9 Å². The molecular formula is C18H20N2S. The van der Waals surface area contributed by atoms with Gasteiger partial charge in [-0.1, -0.05) is 42.5 Å². The minimum Gasteiger partial charge on any atom is -0.389 e. The van der Waals surface area contributed by atoms with Crippen LogP contribution in [-0.2, 0) is 13.0 Å². The number of thiocarbonyl (C=S) groups is 1. The molecule has 2 aromatic rings. The van der Waals surface area contributed by atoms with E-state index in [9.17, 15) is 0 Å². The minimum absolute atomic E-state index is 0.475. The molecular weight excluding hydrogens is 276 g/mol. The van der Waals surface area contributed by atoms with Crippen LogP contribution in [0.15, 0.2) is 42.5 Å². The van der Waals surface area contributed by atoms with E-state index in [2.05, 4.69) is 48.2 Å². The maximum absolute atomic E-state index is 5.91. The molecule has 0 atom stereocenters. The molecule has 1 aliphatic rings. The summed E-state index contributed by atoms with van der Waals surface area (Å²) in [5, 5.41) is 0. The first-order valence-corrected chi connectivity index (χ1v) is 7.78. The molecule has 0 unspecified atom stereocenters. The Bertz CT molecular complexity index is 679. The van der Waals surface area contributed by atoms with Gasteiger partial charge in [-0.25, -0.2) is 0 Å². The second-order valence-corrected chi connectivity index (χ2v) is 6.12. The zero-order valence-corrected chi connectivity index (χ0v) is 13.1. The van der Waals surface area contributed by atoms with Gasteiger partial charge in [0, 0.05) is 24.3 Å². The van der Waals surface area contributed by atoms with Gasteiger partial charge in [-0.05, 0) is 48.6 Å². The van der Waals surface area contributed by atoms with E-state index in [1.54, 1.807) is 0 Å². The lowest BCUT2D eigenvalue weighted by Crippen LogP contribution is -2.26. The van der Waals surface area contributed by atoms with E-state index in [1.165, 1.54) is 22.4 Å². The van der Waals surface area contributed by atoms with Crippen LogP contribution >= 0.6 is 12.2 Å². The molecule has 1 aliphatic heterocycles. The van der Waals surface area contributed by atoms with E-state index < -0.39 is 0 Å². The molecule has 0 fully saturated rings. The largest absolute Gasteiger partial charge is 0.389 e. The Morgan fingerprint density at radius 1 is 1.14 bits per heavy atom. The highest BCUT2D eigenvalue weighted by atomic mass is 32.1. The first-order valence-electron chi connectivity index (χ1n) is 7.37. The molecule has 2 N–H and O–H groups in total. The highest BCUT2D eigenvalue weighted by molar-refractivity contribution is 7.80. The molecule has 108 valence electrons. The van der Waals surface area contributed by atoms with Crippen molar-refractivity contribution in [2.45, 2.75) is 26.3 Å². The Morgan fingerprint density at radius 2 is 1.90 bits per heavy atom. The fourth-order valence-corrected chi connectivity index (χ4v) is 3.19. The first-order chi connectivity index (χ1) is 10.1. The second kappa shape index (κ2) is 5.86. The summed E-state index contributed by atoms with van der Waals surface area (Å²) < 4.78 is 0. The monoisotopic (exact) mass is 296 g/mol. The number of aryl methyl sites for hydroxylation is 2. The van der Waals surface area contributed by atoms with Crippen molar-refractivity contribution in [1.82, 2.24) is 0 Å². The Balaban J connectivity index is 2.01. The Labute approximate surface area is 131 Å². The van der Waals surface area contributed by atoms with E-state index in [1.807, 2.05) is 6.07 Å². The lowest BCUT2D eigenvalue weighted by Gasteiger charge is -2.26. The molecule has 0 amide bonds. The molecule has 2 aromatic carbocycles. The molecule has 0 saturated heterocycles. The van der Waals surface area contributed by atoms with Crippen LogP contribution in [0.25, 0.3) is 0 Å². The number of benzene rings is 2. The summed E-state index contributed by atoms with van der Waals surface area (Å²) >= 11 is 5.22. The average Bonchev–Trinajstić information content (AvgIpc) is 2.68. The van der Waals surface area contributed by atoms with Gasteiger partial charge in [0.25, 0.3) is 0 Å².